The van der Waals surface area contributed by atoms with Crippen molar-refractivity contribution in [2.75, 3.05) is 31.2 Å². The number of nitrogens with one attached hydrogen (secondary N) is 1. The lowest BCUT2D eigenvalue weighted by molar-refractivity contribution is -0.117. The maximum atomic E-state index is 12.8. The minimum atomic E-state index is -0.175. The van der Waals surface area contributed by atoms with Crippen LogP contribution in [0.3, 0.4) is 0 Å². The minimum absolute atomic E-state index is 0.0164. The van der Waals surface area contributed by atoms with E-state index in [9.17, 15) is 9.59 Å². The third-order valence-electron chi connectivity index (χ3n) is 5.91. The van der Waals surface area contributed by atoms with Crippen LogP contribution in [-0.2, 0) is 4.79 Å². The summed E-state index contributed by atoms with van der Waals surface area (Å²) in [5.41, 5.74) is 0.783. The van der Waals surface area contributed by atoms with Crippen molar-refractivity contribution >= 4 is 17.6 Å². The van der Waals surface area contributed by atoms with Crippen molar-refractivity contribution in [3.8, 4) is 11.5 Å². The topological polar surface area (TPSA) is 71.1 Å². The van der Waals surface area contributed by atoms with Gasteiger partial charge in [0, 0.05) is 37.3 Å². The van der Waals surface area contributed by atoms with E-state index in [0.29, 0.717) is 50.3 Å². The summed E-state index contributed by atoms with van der Waals surface area (Å²) < 4.78 is 11.2. The van der Waals surface area contributed by atoms with E-state index < -0.39 is 0 Å². The number of carbonyl (C=O) groups excluding carboxylic acids is 2. The number of nitrogens with zero attached hydrogens (tertiary/aromatic N) is 2. The van der Waals surface area contributed by atoms with Gasteiger partial charge in [-0.25, -0.2) is 4.79 Å². The molecule has 1 saturated carbocycles. The predicted molar refractivity (Wildman–Crippen MR) is 106 cm³/mol. The molecule has 0 unspecified atom stereocenters. The highest BCUT2D eigenvalue weighted by molar-refractivity contribution is 5.97. The molecular weight excluding hydrogens is 358 g/mol. The maximum absolute atomic E-state index is 12.8. The Hall–Kier alpha value is -2.44. The van der Waals surface area contributed by atoms with Crippen molar-refractivity contribution in [1.82, 2.24) is 10.2 Å². The first-order valence-electron chi connectivity index (χ1n) is 10.4. The van der Waals surface area contributed by atoms with Crippen molar-refractivity contribution in [1.29, 1.82) is 0 Å². The van der Waals surface area contributed by atoms with Gasteiger partial charge in [0.25, 0.3) is 0 Å². The summed E-state index contributed by atoms with van der Waals surface area (Å²) in [5, 5.41) is 3.09. The Morgan fingerprint density at radius 1 is 1.18 bits per heavy atom. The zero-order chi connectivity index (χ0) is 19.5. The normalized spacial score (nSPS) is 22.2. The number of amides is 3. The molecule has 1 aliphatic carbocycles. The first kappa shape index (κ1) is 18.9. The largest absolute Gasteiger partial charge is 0.486 e. The van der Waals surface area contributed by atoms with Gasteiger partial charge in [-0.3, -0.25) is 4.79 Å². The fourth-order valence-corrected chi connectivity index (χ4v) is 4.47. The van der Waals surface area contributed by atoms with Crippen molar-refractivity contribution in [3.05, 3.63) is 18.2 Å². The molecule has 7 heteroatoms. The Bertz CT molecular complexity index is 732. The Balaban J connectivity index is 1.39. The van der Waals surface area contributed by atoms with Crippen molar-refractivity contribution in [2.45, 2.75) is 57.5 Å². The number of ether oxygens (including phenoxy) is 2. The summed E-state index contributed by atoms with van der Waals surface area (Å²) in [5.74, 6) is 1.39. The van der Waals surface area contributed by atoms with Crippen molar-refractivity contribution in [2.24, 2.45) is 0 Å². The first-order chi connectivity index (χ1) is 13.7. The van der Waals surface area contributed by atoms with Gasteiger partial charge in [-0.05, 0) is 31.9 Å². The van der Waals surface area contributed by atoms with E-state index in [-0.39, 0.29) is 18.0 Å². The van der Waals surface area contributed by atoms with Crippen LogP contribution in [0.25, 0.3) is 0 Å². The number of hydrogen-bond acceptors (Lipinski definition) is 4. The average Bonchev–Trinajstić information content (AvgIpc) is 3.09. The van der Waals surface area contributed by atoms with E-state index in [2.05, 4.69) is 5.32 Å². The van der Waals surface area contributed by atoms with Gasteiger partial charge < -0.3 is 24.6 Å². The van der Waals surface area contributed by atoms with E-state index >= 15 is 0 Å². The standard InChI is InChI=1S/C21H29N3O4/c1-2-23(16-6-4-3-5-7-16)21(26)22-15-12-20(25)24(14-15)17-8-9-18-19(13-17)28-11-10-27-18/h8-9,13,15-16H,2-7,10-12,14H2,1H3,(H,22,26)/t15-/m0/s1. The molecule has 1 aromatic rings. The summed E-state index contributed by atoms with van der Waals surface area (Å²) >= 11 is 0. The smallest absolute Gasteiger partial charge is 0.317 e. The van der Waals surface area contributed by atoms with Gasteiger partial charge in [0.1, 0.15) is 13.2 Å². The highest BCUT2D eigenvalue weighted by atomic mass is 16.6. The Labute approximate surface area is 166 Å². The van der Waals surface area contributed by atoms with Crippen LogP contribution in [0.4, 0.5) is 10.5 Å². The number of benzene rings is 1. The summed E-state index contributed by atoms with van der Waals surface area (Å²) in [4.78, 5) is 29.0. The molecule has 3 aliphatic rings. The molecule has 0 bridgehead atoms. The van der Waals surface area contributed by atoms with E-state index in [4.69, 9.17) is 9.47 Å². The highest BCUT2D eigenvalue weighted by Gasteiger charge is 2.34. The van der Waals surface area contributed by atoms with Crippen LogP contribution in [0.15, 0.2) is 18.2 Å². The third-order valence-corrected chi connectivity index (χ3v) is 5.91. The molecule has 0 radical (unpaired) electrons. The average molecular weight is 387 g/mol. The predicted octanol–water partition coefficient (Wildman–Crippen LogP) is 2.93. The molecule has 1 saturated heterocycles. The SMILES string of the molecule is CCN(C(=O)N[C@H]1CC(=O)N(c2ccc3c(c2)OCCO3)C1)C1CCCCC1. The maximum Gasteiger partial charge on any atom is 0.317 e. The van der Waals surface area contributed by atoms with E-state index in [1.54, 1.807) is 4.90 Å². The van der Waals surface area contributed by atoms with Crippen LogP contribution in [0.5, 0.6) is 11.5 Å². The molecule has 7 nitrogen and oxygen atoms in total. The number of carbonyl (C=O) groups is 2. The number of rotatable bonds is 4. The van der Waals surface area contributed by atoms with E-state index in [1.807, 2.05) is 30.0 Å². The molecule has 28 heavy (non-hydrogen) atoms. The molecule has 1 N–H and O–H groups in total. The van der Waals surface area contributed by atoms with Crippen LogP contribution < -0.4 is 19.7 Å². The fourth-order valence-electron chi connectivity index (χ4n) is 4.47. The second-order valence-electron chi connectivity index (χ2n) is 7.76. The van der Waals surface area contributed by atoms with Crippen LogP contribution in [-0.4, -0.2) is 55.2 Å². The zero-order valence-corrected chi connectivity index (χ0v) is 16.5. The van der Waals surface area contributed by atoms with Crippen LogP contribution in [0.2, 0.25) is 0 Å². The summed E-state index contributed by atoms with van der Waals surface area (Å²) in [6.45, 7) is 4.25. The molecule has 2 aliphatic heterocycles. The molecule has 1 aromatic carbocycles. The second kappa shape index (κ2) is 8.29. The minimum Gasteiger partial charge on any atom is -0.486 e. The van der Waals surface area contributed by atoms with Gasteiger partial charge in [0.2, 0.25) is 5.91 Å². The molecule has 2 heterocycles. The molecule has 4 rings (SSSR count). The lowest BCUT2D eigenvalue weighted by atomic mass is 9.94. The Morgan fingerprint density at radius 3 is 2.68 bits per heavy atom. The number of anilines is 1. The second-order valence-corrected chi connectivity index (χ2v) is 7.76. The molecular formula is C21H29N3O4. The number of hydrogen-bond donors (Lipinski definition) is 1. The summed E-state index contributed by atoms with van der Waals surface area (Å²) in [7, 11) is 0. The lowest BCUT2D eigenvalue weighted by Crippen LogP contribution is -2.50. The Kier molecular flexibility index (Phi) is 5.59. The zero-order valence-electron chi connectivity index (χ0n) is 16.5. The summed E-state index contributed by atoms with van der Waals surface area (Å²) in [6.07, 6.45) is 6.12. The van der Waals surface area contributed by atoms with Gasteiger partial charge >= 0.3 is 6.03 Å². The highest BCUT2D eigenvalue weighted by Crippen LogP contribution is 2.35. The quantitative estimate of drug-likeness (QED) is 0.862. The number of urea groups is 1. The number of fused-ring (bicyclic) bond motifs is 1. The molecule has 2 fully saturated rings. The van der Waals surface area contributed by atoms with Gasteiger partial charge in [-0.1, -0.05) is 19.3 Å². The molecule has 1 atom stereocenters. The first-order valence-corrected chi connectivity index (χ1v) is 10.4. The lowest BCUT2D eigenvalue weighted by Gasteiger charge is -2.34. The molecule has 0 aromatic heterocycles. The van der Waals surface area contributed by atoms with Crippen LogP contribution in [0.1, 0.15) is 45.4 Å². The fraction of sp³-hybridized carbons (Fsp3) is 0.619. The van der Waals surface area contributed by atoms with Gasteiger partial charge in [0.05, 0.1) is 6.04 Å². The molecule has 3 amide bonds. The van der Waals surface area contributed by atoms with Gasteiger partial charge in [-0.15, -0.1) is 0 Å². The Morgan fingerprint density at radius 2 is 1.93 bits per heavy atom. The van der Waals surface area contributed by atoms with Crippen LogP contribution >= 0.6 is 0 Å². The van der Waals surface area contributed by atoms with Crippen molar-refractivity contribution in [3.63, 3.8) is 0 Å². The van der Waals surface area contributed by atoms with E-state index in [0.717, 1.165) is 18.5 Å². The van der Waals surface area contributed by atoms with Crippen molar-refractivity contribution < 1.29 is 19.1 Å². The van der Waals surface area contributed by atoms with E-state index in [1.165, 1.54) is 19.3 Å². The van der Waals surface area contributed by atoms with Gasteiger partial charge in [0.15, 0.2) is 11.5 Å². The summed E-state index contributed by atoms with van der Waals surface area (Å²) in [6, 6.07) is 5.66. The molecule has 152 valence electrons. The van der Waals surface area contributed by atoms with Crippen LogP contribution in [0, 0.1) is 0 Å². The monoisotopic (exact) mass is 387 g/mol. The van der Waals surface area contributed by atoms with Gasteiger partial charge in [-0.2, -0.15) is 0 Å². The third kappa shape index (κ3) is 3.88. The molecule has 0 spiro atoms.